The Morgan fingerprint density at radius 1 is 1.43 bits per heavy atom. The minimum absolute atomic E-state index is 0.0355. The van der Waals surface area contributed by atoms with E-state index >= 15 is 0 Å². The van der Waals surface area contributed by atoms with Crippen molar-refractivity contribution in [3.05, 3.63) is 0 Å². The molecule has 0 aromatic carbocycles. The van der Waals surface area contributed by atoms with Gasteiger partial charge in [-0.2, -0.15) is 0 Å². The molecule has 9 nitrogen and oxygen atoms in total. The van der Waals surface area contributed by atoms with Gasteiger partial charge >= 0.3 is 0 Å². The maximum atomic E-state index is 12.0. The molecule has 0 bridgehead atoms. The standard InChI is InChI=1S/C14H23N7O2/c15-12-17-7-14-4-1-5-21(14)13(16)18-8(11(14)19-12)6-20-9(22)2-3-10(20)23/h8-9,11,22H,1-7H2,(H2,16,18)(H3,15,17,19)/t8-,9?,11?,14?/m0/s1. The number of nitrogens with two attached hydrogens (primary N) is 2. The number of carbonyl (C=O) groups is 1. The topological polar surface area (TPSA) is 133 Å². The van der Waals surface area contributed by atoms with Gasteiger partial charge in [0, 0.05) is 25.9 Å². The van der Waals surface area contributed by atoms with E-state index in [0.717, 1.165) is 19.4 Å². The van der Waals surface area contributed by atoms with Crippen LogP contribution in [0.25, 0.3) is 0 Å². The number of rotatable bonds is 2. The van der Waals surface area contributed by atoms with Crippen molar-refractivity contribution in [3.63, 3.8) is 0 Å². The van der Waals surface area contributed by atoms with E-state index in [1.54, 1.807) is 0 Å². The Morgan fingerprint density at radius 3 is 3.00 bits per heavy atom. The number of aliphatic hydroxyl groups is 1. The van der Waals surface area contributed by atoms with Gasteiger partial charge in [-0.25, -0.2) is 4.99 Å². The van der Waals surface area contributed by atoms with Crippen molar-refractivity contribution < 1.29 is 9.90 Å². The third kappa shape index (κ3) is 2.06. The Bertz CT molecular complexity index is 592. The zero-order valence-corrected chi connectivity index (χ0v) is 13.0. The molecule has 4 rings (SSSR count). The number of nitrogens with one attached hydrogen (secondary N) is 1. The molecule has 4 heterocycles. The molecule has 3 unspecified atom stereocenters. The fourth-order valence-corrected chi connectivity index (χ4v) is 4.45. The van der Waals surface area contributed by atoms with E-state index in [1.807, 2.05) is 0 Å². The summed E-state index contributed by atoms with van der Waals surface area (Å²) in [4.78, 5) is 24.6. The molecule has 9 heteroatoms. The first kappa shape index (κ1) is 14.6. The van der Waals surface area contributed by atoms with Crippen LogP contribution in [0.1, 0.15) is 25.7 Å². The summed E-state index contributed by atoms with van der Waals surface area (Å²) in [5, 5.41) is 13.3. The lowest BCUT2D eigenvalue weighted by Crippen LogP contribution is -2.74. The third-order valence-corrected chi connectivity index (χ3v) is 5.57. The van der Waals surface area contributed by atoms with Crippen LogP contribution >= 0.6 is 0 Å². The SMILES string of the molecule is NC1=NCC23CCCN2C(N)=N[C@@H](CN2C(=O)CCC2O)C3N1. The van der Waals surface area contributed by atoms with Crippen LogP contribution in [0, 0.1) is 0 Å². The molecule has 1 spiro atoms. The Hall–Kier alpha value is -2.03. The van der Waals surface area contributed by atoms with Gasteiger partial charge < -0.3 is 31.7 Å². The second-order valence-electron chi connectivity index (χ2n) is 6.80. The lowest BCUT2D eigenvalue weighted by Gasteiger charge is -2.52. The van der Waals surface area contributed by atoms with Crippen molar-refractivity contribution in [1.82, 2.24) is 15.1 Å². The van der Waals surface area contributed by atoms with Crippen LogP contribution < -0.4 is 16.8 Å². The van der Waals surface area contributed by atoms with Crippen LogP contribution in [-0.2, 0) is 4.79 Å². The number of aliphatic hydroxyl groups excluding tert-OH is 1. The summed E-state index contributed by atoms with van der Waals surface area (Å²) >= 11 is 0. The lowest BCUT2D eigenvalue weighted by molar-refractivity contribution is -0.133. The number of hydrogen-bond donors (Lipinski definition) is 4. The molecule has 0 saturated carbocycles. The van der Waals surface area contributed by atoms with E-state index in [0.29, 0.717) is 37.9 Å². The van der Waals surface area contributed by atoms with Crippen LogP contribution in [0.5, 0.6) is 0 Å². The molecule has 0 aromatic heterocycles. The highest BCUT2D eigenvalue weighted by atomic mass is 16.3. The highest BCUT2D eigenvalue weighted by Gasteiger charge is 2.55. The summed E-state index contributed by atoms with van der Waals surface area (Å²) in [7, 11) is 0. The largest absolute Gasteiger partial charge is 0.374 e. The highest BCUT2D eigenvalue weighted by molar-refractivity contribution is 5.84. The van der Waals surface area contributed by atoms with Gasteiger partial charge in [0.25, 0.3) is 0 Å². The first-order valence-electron chi connectivity index (χ1n) is 8.16. The fraction of sp³-hybridized carbons (Fsp3) is 0.786. The molecular formula is C14H23N7O2. The van der Waals surface area contributed by atoms with Crippen LogP contribution in [0.4, 0.5) is 0 Å². The molecule has 2 fully saturated rings. The quantitative estimate of drug-likeness (QED) is 0.454. The first-order chi connectivity index (χ1) is 11.0. The van der Waals surface area contributed by atoms with E-state index < -0.39 is 6.23 Å². The monoisotopic (exact) mass is 321 g/mol. The van der Waals surface area contributed by atoms with Gasteiger partial charge in [0.15, 0.2) is 11.9 Å². The molecule has 4 aliphatic rings. The normalized spacial score (nSPS) is 39.5. The van der Waals surface area contributed by atoms with Crippen molar-refractivity contribution >= 4 is 17.8 Å². The van der Waals surface area contributed by atoms with E-state index in [-0.39, 0.29) is 23.5 Å². The molecule has 23 heavy (non-hydrogen) atoms. The predicted octanol–water partition coefficient (Wildman–Crippen LogP) is -2.25. The zero-order chi connectivity index (χ0) is 16.2. The number of aliphatic imine (C=N–C) groups is 2. The van der Waals surface area contributed by atoms with Crippen molar-refractivity contribution in [3.8, 4) is 0 Å². The Balaban J connectivity index is 1.66. The summed E-state index contributed by atoms with van der Waals surface area (Å²) < 4.78 is 0. The molecular weight excluding hydrogens is 298 g/mol. The van der Waals surface area contributed by atoms with Gasteiger partial charge in [-0.1, -0.05) is 0 Å². The molecule has 1 amide bonds. The molecule has 0 radical (unpaired) electrons. The van der Waals surface area contributed by atoms with Gasteiger partial charge in [0.05, 0.1) is 24.2 Å². The van der Waals surface area contributed by atoms with E-state index in [9.17, 15) is 9.90 Å². The van der Waals surface area contributed by atoms with Crippen molar-refractivity contribution in [2.75, 3.05) is 19.6 Å². The Labute approximate surface area is 134 Å². The summed E-state index contributed by atoms with van der Waals surface area (Å²) in [5.74, 6) is 0.871. The lowest BCUT2D eigenvalue weighted by atomic mass is 9.80. The summed E-state index contributed by atoms with van der Waals surface area (Å²) in [5.41, 5.74) is 11.9. The first-order valence-corrected chi connectivity index (χ1v) is 8.16. The van der Waals surface area contributed by atoms with Crippen LogP contribution in [-0.4, -0.2) is 76.2 Å². The zero-order valence-electron chi connectivity index (χ0n) is 13.0. The second-order valence-corrected chi connectivity index (χ2v) is 6.80. The summed E-state index contributed by atoms with van der Waals surface area (Å²) in [6.45, 7) is 1.79. The summed E-state index contributed by atoms with van der Waals surface area (Å²) in [6.07, 6.45) is 2.12. The Kier molecular flexibility index (Phi) is 3.15. The molecule has 4 atom stereocenters. The maximum Gasteiger partial charge on any atom is 0.224 e. The third-order valence-electron chi connectivity index (χ3n) is 5.57. The predicted molar refractivity (Wildman–Crippen MR) is 84.4 cm³/mol. The molecule has 0 aromatic rings. The summed E-state index contributed by atoms with van der Waals surface area (Å²) in [6, 6.07) is -0.300. The van der Waals surface area contributed by atoms with Gasteiger partial charge in [-0.05, 0) is 12.8 Å². The minimum Gasteiger partial charge on any atom is -0.374 e. The average molecular weight is 321 g/mol. The highest BCUT2D eigenvalue weighted by Crippen LogP contribution is 2.39. The molecule has 6 N–H and O–H groups in total. The number of likely N-dealkylation sites (tertiary alicyclic amines) is 1. The van der Waals surface area contributed by atoms with E-state index in [1.165, 1.54) is 4.90 Å². The number of amides is 1. The van der Waals surface area contributed by atoms with Crippen LogP contribution in [0.15, 0.2) is 9.98 Å². The molecule has 4 aliphatic heterocycles. The molecule has 2 saturated heterocycles. The smallest absolute Gasteiger partial charge is 0.224 e. The van der Waals surface area contributed by atoms with Crippen LogP contribution in [0.3, 0.4) is 0 Å². The Morgan fingerprint density at radius 2 is 2.26 bits per heavy atom. The maximum absolute atomic E-state index is 12.0. The van der Waals surface area contributed by atoms with Gasteiger partial charge in [-0.3, -0.25) is 9.79 Å². The van der Waals surface area contributed by atoms with Crippen molar-refractivity contribution in [2.24, 2.45) is 21.5 Å². The van der Waals surface area contributed by atoms with Crippen molar-refractivity contribution in [1.29, 1.82) is 0 Å². The number of guanidine groups is 2. The van der Waals surface area contributed by atoms with Crippen molar-refractivity contribution in [2.45, 2.75) is 49.5 Å². The van der Waals surface area contributed by atoms with Gasteiger partial charge in [0.1, 0.15) is 6.23 Å². The molecule has 0 aliphatic carbocycles. The van der Waals surface area contributed by atoms with Gasteiger partial charge in [-0.15, -0.1) is 0 Å². The molecule has 126 valence electrons. The minimum atomic E-state index is -0.730. The average Bonchev–Trinajstić information content (AvgIpc) is 3.08. The second kappa shape index (κ2) is 4.98. The number of carbonyl (C=O) groups excluding carboxylic acids is 1. The fourth-order valence-electron chi connectivity index (χ4n) is 4.45. The van der Waals surface area contributed by atoms with Crippen LogP contribution in [0.2, 0.25) is 0 Å². The number of nitrogens with zero attached hydrogens (tertiary/aromatic N) is 4. The van der Waals surface area contributed by atoms with E-state index in [4.69, 9.17) is 11.5 Å². The number of hydrogen-bond acceptors (Lipinski definition) is 8. The van der Waals surface area contributed by atoms with E-state index in [2.05, 4.69) is 20.2 Å². The van der Waals surface area contributed by atoms with Gasteiger partial charge in [0.2, 0.25) is 5.91 Å².